The number of carbonyl (C=O) groups excluding carboxylic acids is 2. The number of hydrogen-bond acceptors (Lipinski definition) is 6. The lowest BCUT2D eigenvalue weighted by molar-refractivity contribution is 0.0929. The maximum atomic E-state index is 13.0. The summed E-state index contributed by atoms with van der Waals surface area (Å²) in [6.07, 6.45) is 0. The Bertz CT molecular complexity index is 1030. The summed E-state index contributed by atoms with van der Waals surface area (Å²) >= 11 is 0. The first-order chi connectivity index (χ1) is 15.6. The fourth-order valence-electron chi connectivity index (χ4n) is 4.70. The van der Waals surface area contributed by atoms with Crippen LogP contribution in [0.15, 0.2) is 36.4 Å². The maximum absolute atomic E-state index is 13.0. The van der Waals surface area contributed by atoms with Gasteiger partial charge < -0.3 is 30.6 Å². The smallest absolute Gasteiger partial charge is 0.254 e. The quantitative estimate of drug-likeness (QED) is 0.602. The van der Waals surface area contributed by atoms with Gasteiger partial charge in [-0.1, -0.05) is 12.1 Å². The SMILES string of the molecule is CNC(=O)c1cc(C(=O)N[C@H]2[C@@H]3COC[C@@H]32)cc2c1OC[C@H]2c1ccc(OCCN)cc1. The van der Waals surface area contributed by atoms with Gasteiger partial charge in [0, 0.05) is 48.5 Å². The van der Waals surface area contributed by atoms with Crippen LogP contribution in [0.4, 0.5) is 0 Å². The van der Waals surface area contributed by atoms with E-state index >= 15 is 0 Å². The second kappa shape index (κ2) is 8.44. The number of nitrogens with two attached hydrogens (primary N) is 1. The molecule has 8 nitrogen and oxygen atoms in total. The Morgan fingerprint density at radius 1 is 1.09 bits per heavy atom. The van der Waals surface area contributed by atoms with Gasteiger partial charge in [0.2, 0.25) is 0 Å². The van der Waals surface area contributed by atoms with Gasteiger partial charge in [-0.05, 0) is 29.8 Å². The van der Waals surface area contributed by atoms with E-state index in [1.807, 2.05) is 30.3 Å². The van der Waals surface area contributed by atoms with Gasteiger partial charge in [-0.25, -0.2) is 0 Å². The van der Waals surface area contributed by atoms with Crippen molar-refractivity contribution >= 4 is 11.8 Å². The van der Waals surface area contributed by atoms with E-state index in [9.17, 15) is 9.59 Å². The van der Waals surface area contributed by atoms with Gasteiger partial charge in [0.05, 0.1) is 25.4 Å². The van der Waals surface area contributed by atoms with Crippen LogP contribution in [0.1, 0.15) is 37.8 Å². The summed E-state index contributed by atoms with van der Waals surface area (Å²) in [6, 6.07) is 11.4. The summed E-state index contributed by atoms with van der Waals surface area (Å²) in [5, 5.41) is 5.76. The molecular formula is C24H27N3O5. The second-order valence-electron chi connectivity index (χ2n) is 8.46. The van der Waals surface area contributed by atoms with Crippen molar-refractivity contribution in [2.45, 2.75) is 12.0 Å². The van der Waals surface area contributed by atoms with E-state index in [2.05, 4.69) is 10.6 Å². The van der Waals surface area contributed by atoms with E-state index in [4.69, 9.17) is 19.9 Å². The Labute approximate surface area is 186 Å². The molecule has 4 N–H and O–H groups in total. The minimum atomic E-state index is -0.279. The average Bonchev–Trinajstić information content (AvgIpc) is 3.18. The average molecular weight is 437 g/mol. The molecule has 3 aliphatic rings. The molecule has 0 radical (unpaired) electrons. The largest absolute Gasteiger partial charge is 0.492 e. The molecule has 1 saturated heterocycles. The first kappa shape index (κ1) is 20.8. The zero-order valence-electron chi connectivity index (χ0n) is 17.9. The van der Waals surface area contributed by atoms with Crippen LogP contribution in [0.3, 0.4) is 0 Å². The number of amides is 2. The van der Waals surface area contributed by atoms with Crippen LogP contribution < -0.4 is 25.8 Å². The van der Waals surface area contributed by atoms with Gasteiger partial charge in [-0.3, -0.25) is 9.59 Å². The van der Waals surface area contributed by atoms with E-state index < -0.39 is 0 Å². The van der Waals surface area contributed by atoms with Crippen LogP contribution in [-0.2, 0) is 4.74 Å². The minimum absolute atomic E-state index is 0.0848. The topological polar surface area (TPSA) is 112 Å². The molecule has 5 rings (SSSR count). The Hall–Kier alpha value is -3.10. The molecule has 32 heavy (non-hydrogen) atoms. The van der Waals surface area contributed by atoms with E-state index in [0.717, 1.165) is 16.9 Å². The van der Waals surface area contributed by atoms with Gasteiger partial charge in [0.25, 0.3) is 11.8 Å². The van der Waals surface area contributed by atoms with Crippen molar-refractivity contribution in [3.63, 3.8) is 0 Å². The van der Waals surface area contributed by atoms with Crippen molar-refractivity contribution in [2.75, 3.05) is 40.0 Å². The first-order valence-corrected chi connectivity index (χ1v) is 10.9. The van der Waals surface area contributed by atoms with Crippen LogP contribution in [0.2, 0.25) is 0 Å². The van der Waals surface area contributed by atoms with Gasteiger partial charge >= 0.3 is 0 Å². The van der Waals surface area contributed by atoms with Crippen LogP contribution in [-0.4, -0.2) is 57.9 Å². The van der Waals surface area contributed by atoms with Crippen molar-refractivity contribution in [1.29, 1.82) is 0 Å². The second-order valence-corrected chi connectivity index (χ2v) is 8.46. The molecule has 0 bridgehead atoms. The molecule has 2 aromatic rings. The number of hydrogen-bond donors (Lipinski definition) is 3. The fraction of sp³-hybridized carbons (Fsp3) is 0.417. The number of fused-ring (bicyclic) bond motifs is 2. The summed E-state index contributed by atoms with van der Waals surface area (Å²) in [5.74, 6) is 1.55. The summed E-state index contributed by atoms with van der Waals surface area (Å²) in [7, 11) is 1.57. The third-order valence-electron chi connectivity index (χ3n) is 6.54. The molecule has 4 atom stereocenters. The summed E-state index contributed by atoms with van der Waals surface area (Å²) in [5.41, 5.74) is 8.20. The summed E-state index contributed by atoms with van der Waals surface area (Å²) in [4.78, 5) is 25.6. The van der Waals surface area contributed by atoms with Gasteiger partial charge in [-0.15, -0.1) is 0 Å². The molecule has 2 aliphatic heterocycles. The number of carbonyl (C=O) groups is 2. The molecule has 2 fully saturated rings. The van der Waals surface area contributed by atoms with E-state index in [0.29, 0.717) is 61.7 Å². The van der Waals surface area contributed by atoms with Gasteiger partial charge in [0.1, 0.15) is 18.1 Å². The van der Waals surface area contributed by atoms with E-state index in [1.54, 1.807) is 13.1 Å². The lowest BCUT2D eigenvalue weighted by Crippen LogP contribution is -2.30. The number of nitrogens with one attached hydrogen (secondary N) is 2. The lowest BCUT2D eigenvalue weighted by atomic mass is 9.90. The first-order valence-electron chi connectivity index (χ1n) is 10.9. The Morgan fingerprint density at radius 2 is 1.84 bits per heavy atom. The third-order valence-corrected chi connectivity index (χ3v) is 6.54. The van der Waals surface area contributed by atoms with Crippen LogP contribution >= 0.6 is 0 Å². The maximum Gasteiger partial charge on any atom is 0.254 e. The molecule has 1 saturated carbocycles. The molecule has 168 valence electrons. The van der Waals surface area contributed by atoms with Gasteiger partial charge in [-0.2, -0.15) is 0 Å². The molecule has 0 aromatic heterocycles. The highest BCUT2D eigenvalue weighted by Gasteiger charge is 2.54. The highest BCUT2D eigenvalue weighted by atomic mass is 16.5. The highest BCUT2D eigenvalue weighted by molar-refractivity contribution is 6.02. The van der Waals surface area contributed by atoms with Crippen molar-refractivity contribution in [3.05, 3.63) is 58.7 Å². The zero-order valence-corrected chi connectivity index (χ0v) is 17.9. The van der Waals surface area contributed by atoms with Gasteiger partial charge in [0.15, 0.2) is 0 Å². The van der Waals surface area contributed by atoms with Crippen molar-refractivity contribution in [1.82, 2.24) is 10.6 Å². The molecular weight excluding hydrogens is 410 g/mol. The number of ether oxygens (including phenoxy) is 3. The Kier molecular flexibility index (Phi) is 5.48. The van der Waals surface area contributed by atoms with Crippen LogP contribution in [0, 0.1) is 11.8 Å². The zero-order chi connectivity index (χ0) is 22.2. The Morgan fingerprint density at radius 3 is 2.53 bits per heavy atom. The van der Waals surface area contributed by atoms with Crippen molar-refractivity contribution < 1.29 is 23.8 Å². The predicted octanol–water partition coefficient (Wildman–Crippen LogP) is 1.28. The minimum Gasteiger partial charge on any atom is -0.492 e. The highest BCUT2D eigenvalue weighted by Crippen LogP contribution is 2.45. The van der Waals surface area contributed by atoms with E-state index in [1.165, 1.54) is 0 Å². The molecule has 0 unspecified atom stereocenters. The third kappa shape index (κ3) is 3.69. The standard InChI is InChI=1S/C24H27N3O5/c1-26-24(29)17-9-14(23(28)27-21-19-10-30-11-20(19)21)8-16-18(12-32-22(16)17)13-2-4-15(5-3-13)31-7-6-25/h2-5,8-9,18-21H,6-7,10-12,25H2,1H3,(H,26,29)(H,27,28)/t18-,19-,20+,21+/m0/s1. The molecule has 2 heterocycles. The molecule has 0 spiro atoms. The normalized spacial score (nSPS) is 24.8. The van der Waals surface area contributed by atoms with Crippen LogP contribution in [0.5, 0.6) is 11.5 Å². The molecule has 2 amide bonds. The molecule has 1 aliphatic carbocycles. The number of benzene rings is 2. The van der Waals surface area contributed by atoms with Crippen molar-refractivity contribution in [2.24, 2.45) is 17.6 Å². The van der Waals surface area contributed by atoms with Crippen LogP contribution in [0.25, 0.3) is 0 Å². The van der Waals surface area contributed by atoms with Crippen molar-refractivity contribution in [3.8, 4) is 11.5 Å². The monoisotopic (exact) mass is 437 g/mol. The Balaban J connectivity index is 1.43. The molecule has 2 aromatic carbocycles. The number of rotatable bonds is 7. The summed E-state index contributed by atoms with van der Waals surface area (Å²) < 4.78 is 16.9. The predicted molar refractivity (Wildman–Crippen MR) is 117 cm³/mol. The fourth-order valence-corrected chi connectivity index (χ4v) is 4.70. The summed E-state index contributed by atoms with van der Waals surface area (Å²) in [6.45, 7) is 2.71. The lowest BCUT2D eigenvalue weighted by Gasteiger charge is -2.14. The molecule has 8 heteroatoms. The van der Waals surface area contributed by atoms with E-state index in [-0.39, 0.29) is 23.8 Å².